The second kappa shape index (κ2) is 8.16. The molecule has 0 bridgehead atoms. The first kappa shape index (κ1) is 16.3. The van der Waals surface area contributed by atoms with Crippen LogP contribution in [-0.2, 0) is 10.4 Å². The average Bonchev–Trinajstić information content (AvgIpc) is 1.85. The summed E-state index contributed by atoms with van der Waals surface area (Å²) in [6, 6.07) is 0.536. The van der Waals surface area contributed by atoms with Crippen LogP contribution in [0.4, 0.5) is 0 Å². The second-order valence-electron chi connectivity index (χ2n) is 2.85. The molecular formula is C6H16NNaO4S. The first-order chi connectivity index (χ1) is 5.39. The second-order valence-corrected chi connectivity index (χ2v) is 3.74. The van der Waals surface area contributed by atoms with Crippen molar-refractivity contribution in [2.24, 2.45) is 5.73 Å². The third kappa shape index (κ3) is 19.3. The molecule has 0 aromatic carbocycles. The number of hydrogen-bond donors (Lipinski definition) is 3. The molecule has 0 radical (unpaired) electrons. The maximum absolute atomic E-state index is 8.74. The van der Waals surface area contributed by atoms with Gasteiger partial charge in [0.15, 0.2) is 0 Å². The van der Waals surface area contributed by atoms with E-state index < -0.39 is 10.4 Å². The predicted octanol–water partition coefficient (Wildman–Crippen LogP) is -0.0235. The Labute approximate surface area is 101 Å². The van der Waals surface area contributed by atoms with Crippen molar-refractivity contribution in [1.82, 2.24) is 0 Å². The van der Waals surface area contributed by atoms with Gasteiger partial charge in [0.05, 0.1) is 0 Å². The molecule has 4 N–H and O–H groups in total. The molecule has 1 rings (SSSR count). The van der Waals surface area contributed by atoms with E-state index in [0.717, 1.165) is 0 Å². The summed E-state index contributed by atoms with van der Waals surface area (Å²) in [6.07, 6.45) is 6.66. The number of rotatable bonds is 0. The molecule has 0 aliphatic heterocycles. The third-order valence-corrected chi connectivity index (χ3v) is 1.65. The zero-order valence-corrected chi connectivity index (χ0v) is 7.63. The van der Waals surface area contributed by atoms with Crippen molar-refractivity contribution in [3.05, 3.63) is 0 Å². The third-order valence-electron chi connectivity index (χ3n) is 1.65. The average molecular weight is 221 g/mol. The van der Waals surface area contributed by atoms with Gasteiger partial charge < -0.3 is 5.73 Å². The molecule has 13 heavy (non-hydrogen) atoms. The maximum atomic E-state index is 8.74. The molecule has 0 spiro atoms. The summed E-state index contributed by atoms with van der Waals surface area (Å²) < 4.78 is 31.6. The summed E-state index contributed by atoms with van der Waals surface area (Å²) >= 11 is 0. The minimum absolute atomic E-state index is 0. The molecular weight excluding hydrogens is 205 g/mol. The van der Waals surface area contributed by atoms with Crippen LogP contribution in [-0.4, -0.2) is 53.1 Å². The van der Waals surface area contributed by atoms with E-state index >= 15 is 0 Å². The van der Waals surface area contributed by atoms with Crippen molar-refractivity contribution in [1.29, 1.82) is 0 Å². The summed E-state index contributed by atoms with van der Waals surface area (Å²) in [5.41, 5.74) is 5.63. The van der Waals surface area contributed by atoms with E-state index in [9.17, 15) is 0 Å². The zero-order chi connectivity index (χ0) is 9.61. The van der Waals surface area contributed by atoms with Crippen molar-refractivity contribution >= 4 is 40.0 Å². The van der Waals surface area contributed by atoms with Gasteiger partial charge in [0.25, 0.3) is 0 Å². The van der Waals surface area contributed by atoms with E-state index in [1.54, 1.807) is 0 Å². The van der Waals surface area contributed by atoms with E-state index in [2.05, 4.69) is 0 Å². The van der Waals surface area contributed by atoms with Crippen molar-refractivity contribution in [3.8, 4) is 0 Å². The van der Waals surface area contributed by atoms with Crippen LogP contribution in [0, 0.1) is 0 Å². The van der Waals surface area contributed by atoms with Crippen LogP contribution < -0.4 is 5.73 Å². The first-order valence-electron chi connectivity index (χ1n) is 3.85. The molecule has 1 fully saturated rings. The first-order valence-corrected chi connectivity index (χ1v) is 5.25. The van der Waals surface area contributed by atoms with E-state index in [-0.39, 0.29) is 29.6 Å². The van der Waals surface area contributed by atoms with Gasteiger partial charge in [-0.25, -0.2) is 0 Å². The molecule has 0 aromatic heterocycles. The fourth-order valence-electron chi connectivity index (χ4n) is 1.13. The summed E-state index contributed by atoms with van der Waals surface area (Å²) in [6.45, 7) is 0. The fourth-order valence-corrected chi connectivity index (χ4v) is 1.13. The Hall–Kier alpha value is 0.830. The van der Waals surface area contributed by atoms with Gasteiger partial charge in [-0.1, -0.05) is 19.3 Å². The van der Waals surface area contributed by atoms with Gasteiger partial charge in [-0.05, 0) is 12.8 Å². The quantitative estimate of drug-likeness (QED) is 0.394. The molecule has 5 nitrogen and oxygen atoms in total. The monoisotopic (exact) mass is 221 g/mol. The van der Waals surface area contributed by atoms with Gasteiger partial charge in [0.2, 0.25) is 0 Å². The van der Waals surface area contributed by atoms with Crippen molar-refractivity contribution in [2.45, 2.75) is 38.1 Å². The van der Waals surface area contributed by atoms with Gasteiger partial charge in [-0.3, -0.25) is 9.11 Å². The van der Waals surface area contributed by atoms with Gasteiger partial charge in [-0.2, -0.15) is 8.42 Å². The predicted molar refractivity (Wildman–Crippen MR) is 52.4 cm³/mol. The van der Waals surface area contributed by atoms with Crippen molar-refractivity contribution in [3.63, 3.8) is 0 Å². The van der Waals surface area contributed by atoms with Crippen LogP contribution in [0.5, 0.6) is 0 Å². The fraction of sp³-hybridized carbons (Fsp3) is 1.00. The Morgan fingerprint density at radius 2 is 1.38 bits per heavy atom. The molecule has 0 unspecified atom stereocenters. The Morgan fingerprint density at radius 3 is 1.54 bits per heavy atom. The zero-order valence-electron chi connectivity index (χ0n) is 6.81. The summed E-state index contributed by atoms with van der Waals surface area (Å²) in [5, 5.41) is 0. The molecule has 0 amide bonds. The van der Waals surface area contributed by atoms with Crippen LogP contribution >= 0.6 is 0 Å². The van der Waals surface area contributed by atoms with E-state index in [4.69, 9.17) is 23.3 Å². The van der Waals surface area contributed by atoms with Gasteiger partial charge in [0.1, 0.15) is 0 Å². The summed E-state index contributed by atoms with van der Waals surface area (Å²) in [5.74, 6) is 0. The number of hydrogen-bond acceptors (Lipinski definition) is 3. The molecule has 7 heteroatoms. The molecule has 0 atom stereocenters. The Balaban J connectivity index is 0. The minimum atomic E-state index is -4.67. The van der Waals surface area contributed by atoms with Gasteiger partial charge >= 0.3 is 40.0 Å². The molecule has 1 aliphatic carbocycles. The van der Waals surface area contributed by atoms with Crippen LogP contribution in [0.25, 0.3) is 0 Å². The molecule has 1 aliphatic rings. The topological polar surface area (TPSA) is 101 Å². The van der Waals surface area contributed by atoms with Crippen LogP contribution in [0.1, 0.15) is 32.1 Å². The van der Waals surface area contributed by atoms with Crippen molar-refractivity contribution < 1.29 is 17.5 Å². The van der Waals surface area contributed by atoms with Crippen LogP contribution in [0.2, 0.25) is 0 Å². The van der Waals surface area contributed by atoms with Gasteiger partial charge in [0, 0.05) is 6.04 Å². The molecule has 0 aromatic rings. The van der Waals surface area contributed by atoms with E-state index in [0.29, 0.717) is 6.04 Å². The molecule has 1 saturated carbocycles. The Bertz CT molecular complexity index is 193. The van der Waals surface area contributed by atoms with E-state index in [1.165, 1.54) is 32.1 Å². The van der Waals surface area contributed by atoms with E-state index in [1.807, 2.05) is 0 Å². The Morgan fingerprint density at radius 1 is 1.08 bits per heavy atom. The summed E-state index contributed by atoms with van der Waals surface area (Å²) in [7, 11) is -4.67. The normalized spacial score (nSPS) is 18.1. The summed E-state index contributed by atoms with van der Waals surface area (Å²) in [4.78, 5) is 0. The van der Waals surface area contributed by atoms with Crippen molar-refractivity contribution in [2.75, 3.05) is 0 Å². The molecule has 76 valence electrons. The number of nitrogens with two attached hydrogens (primary N) is 1. The molecule has 0 saturated heterocycles. The standard InChI is InChI=1S/C6H13N.Na.H2O4S.H/c7-6-4-2-1-3-5-6;;1-5(2,3)4;/h6H,1-5,7H2;;(H2,1,2,3,4);. The molecule has 0 heterocycles. The SMILES string of the molecule is NC1CCCCC1.O=S(=O)(O)O.[NaH]. The Kier molecular flexibility index (Phi) is 10.2. The van der Waals surface area contributed by atoms with Gasteiger partial charge in [-0.15, -0.1) is 0 Å². The van der Waals surface area contributed by atoms with Crippen LogP contribution in [0.3, 0.4) is 0 Å². The van der Waals surface area contributed by atoms with Crippen LogP contribution in [0.15, 0.2) is 0 Å².